The predicted octanol–water partition coefficient (Wildman–Crippen LogP) is 2.27. The van der Waals surface area contributed by atoms with Gasteiger partial charge in [0.1, 0.15) is 0 Å². The fraction of sp³-hybridized carbons (Fsp3) is 0.286. The van der Waals surface area contributed by atoms with Gasteiger partial charge >= 0.3 is 0 Å². The molecule has 1 saturated carbocycles. The van der Waals surface area contributed by atoms with Crippen LogP contribution in [0.25, 0.3) is 11.5 Å². The maximum absolute atomic E-state index is 12.1. The van der Waals surface area contributed by atoms with Crippen LogP contribution in [0.2, 0.25) is 0 Å². The Bertz CT molecular complexity index is 594. The van der Waals surface area contributed by atoms with E-state index in [1.54, 1.807) is 30.5 Å². The average molecular weight is 258 g/mol. The molecule has 2 heterocycles. The number of aromatic nitrogens is 1. The van der Waals surface area contributed by atoms with Crippen molar-refractivity contribution >= 4 is 5.91 Å². The summed E-state index contributed by atoms with van der Waals surface area (Å²) < 4.78 is 10.5. The Morgan fingerprint density at radius 3 is 3.00 bits per heavy atom. The van der Waals surface area contributed by atoms with E-state index in [1.807, 2.05) is 0 Å². The zero-order valence-electron chi connectivity index (χ0n) is 10.4. The predicted molar refractivity (Wildman–Crippen MR) is 68.3 cm³/mol. The molecule has 0 bridgehead atoms. The molecule has 19 heavy (non-hydrogen) atoms. The summed E-state index contributed by atoms with van der Waals surface area (Å²) in [5.41, 5.74) is 0.137. The summed E-state index contributed by atoms with van der Waals surface area (Å²) in [6.07, 6.45) is 4.81. The Balaban J connectivity index is 1.83. The van der Waals surface area contributed by atoms with Gasteiger partial charge in [0.2, 0.25) is 11.7 Å². The first-order valence-corrected chi connectivity index (χ1v) is 6.16. The second kappa shape index (κ2) is 4.42. The normalized spacial score (nSPS) is 16.0. The Morgan fingerprint density at radius 1 is 1.53 bits per heavy atom. The molecule has 2 aromatic rings. The zero-order valence-corrected chi connectivity index (χ0v) is 10.4. The molecule has 0 radical (unpaired) electrons. The van der Waals surface area contributed by atoms with Gasteiger partial charge in [0.05, 0.1) is 17.4 Å². The molecule has 0 spiro atoms. The van der Waals surface area contributed by atoms with Gasteiger partial charge in [0, 0.05) is 12.6 Å². The lowest BCUT2D eigenvalue weighted by molar-refractivity contribution is -0.123. The highest BCUT2D eigenvalue weighted by Gasteiger charge is 2.53. The van der Waals surface area contributed by atoms with E-state index >= 15 is 0 Å². The van der Waals surface area contributed by atoms with Crippen molar-refractivity contribution in [3.05, 3.63) is 42.8 Å². The number of furan rings is 1. The third kappa shape index (κ3) is 1.97. The second-order valence-electron chi connectivity index (χ2n) is 4.63. The standard InChI is InChI=1S/C14H14N2O3/c1-2-7-15-13(17)14(5-6-14)12-9-11(19-16-12)10-4-3-8-18-10/h2-4,8-9H,1,5-7H2,(H,15,17). The van der Waals surface area contributed by atoms with Crippen LogP contribution in [0.1, 0.15) is 18.5 Å². The van der Waals surface area contributed by atoms with Crippen LogP contribution in [0.3, 0.4) is 0 Å². The molecule has 5 heteroatoms. The SMILES string of the molecule is C=CCNC(=O)C1(c2cc(-c3ccco3)on2)CC1. The lowest BCUT2D eigenvalue weighted by atomic mass is 10.0. The van der Waals surface area contributed by atoms with Crippen molar-refractivity contribution in [3.8, 4) is 11.5 Å². The van der Waals surface area contributed by atoms with Gasteiger partial charge in [-0.15, -0.1) is 6.58 Å². The van der Waals surface area contributed by atoms with Crippen molar-refractivity contribution in [3.63, 3.8) is 0 Å². The fourth-order valence-electron chi connectivity index (χ4n) is 2.09. The van der Waals surface area contributed by atoms with E-state index in [0.29, 0.717) is 23.8 Å². The average Bonchev–Trinajstić information content (AvgIpc) is 2.88. The minimum Gasteiger partial charge on any atom is -0.461 e. The summed E-state index contributed by atoms with van der Waals surface area (Å²) in [5, 5.41) is 6.83. The number of hydrogen-bond donors (Lipinski definition) is 1. The molecule has 1 amide bonds. The number of rotatable bonds is 5. The maximum atomic E-state index is 12.1. The molecular weight excluding hydrogens is 244 g/mol. The van der Waals surface area contributed by atoms with Gasteiger partial charge in [0.25, 0.3) is 0 Å². The molecule has 2 aromatic heterocycles. The Hall–Kier alpha value is -2.30. The van der Waals surface area contributed by atoms with E-state index in [4.69, 9.17) is 8.94 Å². The minimum atomic E-state index is -0.530. The van der Waals surface area contributed by atoms with Crippen LogP contribution >= 0.6 is 0 Å². The largest absolute Gasteiger partial charge is 0.461 e. The molecule has 1 aliphatic carbocycles. The van der Waals surface area contributed by atoms with Crippen molar-refractivity contribution < 1.29 is 13.7 Å². The molecule has 0 aliphatic heterocycles. The molecule has 1 fully saturated rings. The first-order chi connectivity index (χ1) is 9.26. The Labute approximate surface area is 110 Å². The van der Waals surface area contributed by atoms with Gasteiger partial charge in [-0.3, -0.25) is 4.79 Å². The zero-order chi connectivity index (χ0) is 13.3. The first-order valence-electron chi connectivity index (χ1n) is 6.16. The van der Waals surface area contributed by atoms with Gasteiger partial charge in [-0.2, -0.15) is 0 Å². The van der Waals surface area contributed by atoms with Crippen LogP contribution in [0, 0.1) is 0 Å². The number of nitrogens with zero attached hydrogens (tertiary/aromatic N) is 1. The van der Waals surface area contributed by atoms with Crippen LogP contribution in [-0.4, -0.2) is 17.6 Å². The van der Waals surface area contributed by atoms with E-state index in [-0.39, 0.29) is 5.91 Å². The fourth-order valence-corrected chi connectivity index (χ4v) is 2.09. The van der Waals surface area contributed by atoms with Crippen molar-refractivity contribution in [2.45, 2.75) is 18.3 Å². The topological polar surface area (TPSA) is 68.3 Å². The molecule has 3 rings (SSSR count). The van der Waals surface area contributed by atoms with Crippen LogP contribution in [0.4, 0.5) is 0 Å². The molecule has 5 nitrogen and oxygen atoms in total. The Morgan fingerprint density at radius 2 is 2.37 bits per heavy atom. The quantitative estimate of drug-likeness (QED) is 0.835. The third-order valence-electron chi connectivity index (χ3n) is 3.36. The lowest BCUT2D eigenvalue weighted by Gasteiger charge is -2.10. The van der Waals surface area contributed by atoms with Crippen LogP contribution in [0.15, 0.2) is 46.1 Å². The molecule has 1 aliphatic rings. The van der Waals surface area contributed by atoms with Gasteiger partial charge in [-0.05, 0) is 25.0 Å². The number of carbonyl (C=O) groups is 1. The lowest BCUT2D eigenvalue weighted by Crippen LogP contribution is -2.34. The van der Waals surface area contributed by atoms with Crippen LogP contribution < -0.4 is 5.32 Å². The van der Waals surface area contributed by atoms with Gasteiger partial charge in [-0.25, -0.2) is 0 Å². The van der Waals surface area contributed by atoms with Crippen molar-refractivity contribution in [2.24, 2.45) is 0 Å². The van der Waals surface area contributed by atoms with Crippen LogP contribution in [-0.2, 0) is 10.2 Å². The summed E-state index contributed by atoms with van der Waals surface area (Å²) >= 11 is 0. The van der Waals surface area contributed by atoms with Crippen LogP contribution in [0.5, 0.6) is 0 Å². The molecule has 0 aromatic carbocycles. The smallest absolute Gasteiger partial charge is 0.232 e. The summed E-state index contributed by atoms with van der Waals surface area (Å²) in [7, 11) is 0. The summed E-state index contributed by atoms with van der Waals surface area (Å²) in [6, 6.07) is 5.35. The molecule has 98 valence electrons. The van der Waals surface area contributed by atoms with E-state index in [0.717, 1.165) is 12.8 Å². The third-order valence-corrected chi connectivity index (χ3v) is 3.36. The van der Waals surface area contributed by atoms with E-state index in [2.05, 4.69) is 17.1 Å². The minimum absolute atomic E-state index is 0.0216. The molecule has 0 saturated heterocycles. The van der Waals surface area contributed by atoms with Gasteiger partial charge < -0.3 is 14.3 Å². The Kier molecular flexibility index (Phi) is 2.74. The second-order valence-corrected chi connectivity index (χ2v) is 4.63. The van der Waals surface area contributed by atoms with Gasteiger partial charge in [-0.1, -0.05) is 11.2 Å². The molecular formula is C14H14N2O3. The highest BCUT2D eigenvalue weighted by molar-refractivity contribution is 5.91. The van der Waals surface area contributed by atoms with E-state index in [1.165, 1.54) is 0 Å². The monoisotopic (exact) mass is 258 g/mol. The van der Waals surface area contributed by atoms with Crippen molar-refractivity contribution in [1.29, 1.82) is 0 Å². The number of nitrogens with one attached hydrogen (secondary N) is 1. The highest BCUT2D eigenvalue weighted by Crippen LogP contribution is 2.48. The molecule has 0 atom stereocenters. The first kappa shape index (κ1) is 11.8. The van der Waals surface area contributed by atoms with Gasteiger partial charge in [0.15, 0.2) is 5.76 Å². The number of carbonyl (C=O) groups excluding carboxylic acids is 1. The summed E-state index contributed by atoms with van der Waals surface area (Å²) in [6.45, 7) is 4.05. The summed E-state index contributed by atoms with van der Waals surface area (Å²) in [5.74, 6) is 1.13. The maximum Gasteiger partial charge on any atom is 0.232 e. The van der Waals surface area contributed by atoms with Crippen molar-refractivity contribution in [2.75, 3.05) is 6.54 Å². The highest BCUT2D eigenvalue weighted by atomic mass is 16.5. The molecule has 1 N–H and O–H groups in total. The molecule has 0 unspecified atom stereocenters. The van der Waals surface area contributed by atoms with E-state index < -0.39 is 5.41 Å². The number of hydrogen-bond acceptors (Lipinski definition) is 4. The summed E-state index contributed by atoms with van der Waals surface area (Å²) in [4.78, 5) is 12.1. The van der Waals surface area contributed by atoms with E-state index in [9.17, 15) is 4.79 Å². The van der Waals surface area contributed by atoms with Crippen molar-refractivity contribution in [1.82, 2.24) is 10.5 Å². The number of amides is 1.